The molecular weight excluding hydrogens is 495 g/mol. The van der Waals surface area contributed by atoms with Gasteiger partial charge in [-0.2, -0.15) is 0 Å². The maximum Gasteiger partial charge on any atom is 0.363 e. The minimum atomic E-state index is -0.745. The van der Waals surface area contributed by atoms with E-state index in [0.717, 1.165) is 5.69 Å². The van der Waals surface area contributed by atoms with Crippen LogP contribution in [0, 0.1) is 15.9 Å². The van der Waals surface area contributed by atoms with Crippen molar-refractivity contribution < 1.29 is 23.7 Å². The SMILES string of the molecule is C=CC(=O)NCCCCC(NC(=O)Cc1ccc(F)cc1)C(=O)N1CCN(c2ccc([N+](=O)[O-])nc2)CC1. The summed E-state index contributed by atoms with van der Waals surface area (Å²) in [5.41, 5.74) is 1.36. The summed E-state index contributed by atoms with van der Waals surface area (Å²) in [7, 11) is 0. The number of hydrogen-bond donors (Lipinski definition) is 2. The predicted octanol–water partition coefficient (Wildman–Crippen LogP) is 1.98. The molecule has 11 nitrogen and oxygen atoms in total. The number of halogens is 1. The normalized spacial score (nSPS) is 13.9. The molecule has 3 amide bonds. The van der Waals surface area contributed by atoms with Crippen LogP contribution in [0.15, 0.2) is 55.3 Å². The van der Waals surface area contributed by atoms with Crippen LogP contribution < -0.4 is 15.5 Å². The van der Waals surface area contributed by atoms with Gasteiger partial charge in [0.15, 0.2) is 6.20 Å². The number of carbonyl (C=O) groups excluding carboxylic acids is 3. The Balaban J connectivity index is 1.58. The molecule has 2 N–H and O–H groups in total. The van der Waals surface area contributed by atoms with Gasteiger partial charge in [0.05, 0.1) is 12.1 Å². The van der Waals surface area contributed by atoms with E-state index in [2.05, 4.69) is 22.2 Å². The number of unbranched alkanes of at least 4 members (excludes halogenated alkanes) is 1. The van der Waals surface area contributed by atoms with Gasteiger partial charge >= 0.3 is 5.82 Å². The summed E-state index contributed by atoms with van der Waals surface area (Å²) in [5.74, 6) is -1.44. The summed E-state index contributed by atoms with van der Waals surface area (Å²) < 4.78 is 13.2. The fourth-order valence-electron chi connectivity index (χ4n) is 4.13. The molecule has 2 aromatic rings. The maximum absolute atomic E-state index is 13.4. The third-order valence-corrected chi connectivity index (χ3v) is 6.19. The Kier molecular flexibility index (Phi) is 10.3. The van der Waals surface area contributed by atoms with E-state index in [9.17, 15) is 28.9 Å². The monoisotopic (exact) mass is 526 g/mol. The quantitative estimate of drug-likeness (QED) is 0.187. The molecule has 2 heterocycles. The topological polar surface area (TPSA) is 138 Å². The summed E-state index contributed by atoms with van der Waals surface area (Å²) in [6, 6.07) is 7.85. The number of pyridine rings is 1. The molecule has 1 aliphatic rings. The Labute approximate surface area is 219 Å². The zero-order chi connectivity index (χ0) is 27.5. The average Bonchev–Trinajstić information content (AvgIpc) is 2.93. The van der Waals surface area contributed by atoms with Crippen molar-refractivity contribution in [3.8, 4) is 0 Å². The molecule has 38 heavy (non-hydrogen) atoms. The molecular formula is C26H31FN6O5. The molecule has 0 saturated carbocycles. The lowest BCUT2D eigenvalue weighted by Crippen LogP contribution is -2.55. The highest BCUT2D eigenvalue weighted by Crippen LogP contribution is 2.19. The highest BCUT2D eigenvalue weighted by molar-refractivity contribution is 5.88. The fraction of sp³-hybridized carbons (Fsp3) is 0.385. The van der Waals surface area contributed by atoms with E-state index >= 15 is 0 Å². The minimum absolute atomic E-state index is 0.0143. The summed E-state index contributed by atoms with van der Waals surface area (Å²) in [6.45, 7) is 5.68. The largest absolute Gasteiger partial charge is 0.365 e. The van der Waals surface area contributed by atoms with Gasteiger partial charge in [-0.1, -0.05) is 18.7 Å². The Hall–Kier alpha value is -4.35. The van der Waals surface area contributed by atoms with Gasteiger partial charge in [0.25, 0.3) is 0 Å². The van der Waals surface area contributed by atoms with Crippen molar-refractivity contribution in [1.82, 2.24) is 20.5 Å². The molecule has 1 aliphatic heterocycles. The van der Waals surface area contributed by atoms with Crippen LogP contribution >= 0.6 is 0 Å². The second kappa shape index (κ2) is 13.8. The summed E-state index contributed by atoms with van der Waals surface area (Å²) in [6.07, 6.45) is 4.26. The molecule has 0 bridgehead atoms. The summed E-state index contributed by atoms with van der Waals surface area (Å²) >= 11 is 0. The van der Waals surface area contributed by atoms with Crippen LogP contribution in [0.2, 0.25) is 0 Å². The molecule has 12 heteroatoms. The number of nitrogens with one attached hydrogen (secondary N) is 2. The number of nitrogens with zero attached hydrogens (tertiary/aromatic N) is 4. The number of hydrogen-bond acceptors (Lipinski definition) is 7. The van der Waals surface area contributed by atoms with Gasteiger partial charge in [0.2, 0.25) is 17.7 Å². The van der Waals surface area contributed by atoms with E-state index in [-0.39, 0.29) is 30.0 Å². The van der Waals surface area contributed by atoms with Crippen LogP contribution in [0.25, 0.3) is 0 Å². The molecule has 1 atom stereocenters. The Morgan fingerprint density at radius 3 is 2.42 bits per heavy atom. The number of aromatic nitrogens is 1. The summed E-state index contributed by atoms with van der Waals surface area (Å²) in [5, 5.41) is 16.4. The number of rotatable bonds is 12. The van der Waals surface area contributed by atoms with Gasteiger partial charge in [-0.15, -0.1) is 0 Å². The van der Waals surface area contributed by atoms with Crippen LogP contribution in [0.1, 0.15) is 24.8 Å². The molecule has 0 spiro atoms. The van der Waals surface area contributed by atoms with Gasteiger partial charge in [-0.05, 0) is 59.0 Å². The van der Waals surface area contributed by atoms with Crippen molar-refractivity contribution in [2.45, 2.75) is 31.7 Å². The molecule has 3 rings (SSSR count). The highest BCUT2D eigenvalue weighted by Gasteiger charge is 2.29. The fourth-order valence-corrected chi connectivity index (χ4v) is 4.13. The molecule has 0 aliphatic carbocycles. The Bertz CT molecular complexity index is 1130. The number of nitro groups is 1. The van der Waals surface area contributed by atoms with Gasteiger partial charge in [-0.3, -0.25) is 14.4 Å². The van der Waals surface area contributed by atoms with E-state index < -0.39 is 16.8 Å². The first kappa shape index (κ1) is 28.2. The van der Waals surface area contributed by atoms with Crippen LogP contribution in [0.5, 0.6) is 0 Å². The number of anilines is 1. The maximum atomic E-state index is 13.4. The van der Waals surface area contributed by atoms with E-state index in [1.807, 2.05) is 4.90 Å². The van der Waals surface area contributed by atoms with Crippen LogP contribution in [-0.2, 0) is 20.8 Å². The standard InChI is InChI=1S/C26H31FN6O5/c1-2-24(34)28-12-4-3-5-22(30-25(35)17-19-6-8-20(27)9-7-19)26(36)32-15-13-31(14-16-32)21-10-11-23(29-18-21)33(37)38/h2,6-11,18,22H,1,3-5,12-17H2,(H,28,34)(H,30,35). The predicted molar refractivity (Wildman–Crippen MR) is 139 cm³/mol. The summed E-state index contributed by atoms with van der Waals surface area (Å²) in [4.78, 5) is 55.2. The van der Waals surface area contributed by atoms with Crippen molar-refractivity contribution in [2.24, 2.45) is 0 Å². The molecule has 1 aromatic heterocycles. The van der Waals surface area contributed by atoms with E-state index in [0.29, 0.717) is 57.5 Å². The van der Waals surface area contributed by atoms with Crippen molar-refractivity contribution in [2.75, 3.05) is 37.6 Å². The molecule has 202 valence electrons. The number of piperazine rings is 1. The average molecular weight is 527 g/mol. The van der Waals surface area contributed by atoms with E-state index in [4.69, 9.17) is 0 Å². The van der Waals surface area contributed by atoms with E-state index in [1.54, 1.807) is 11.0 Å². The highest BCUT2D eigenvalue weighted by atomic mass is 19.1. The number of carbonyl (C=O) groups is 3. The van der Waals surface area contributed by atoms with E-state index in [1.165, 1.54) is 42.6 Å². The lowest BCUT2D eigenvalue weighted by molar-refractivity contribution is -0.389. The van der Waals surface area contributed by atoms with Crippen molar-refractivity contribution in [3.63, 3.8) is 0 Å². The zero-order valence-corrected chi connectivity index (χ0v) is 21.0. The van der Waals surface area contributed by atoms with Crippen LogP contribution in [0.4, 0.5) is 15.9 Å². The zero-order valence-electron chi connectivity index (χ0n) is 21.0. The molecule has 1 aromatic carbocycles. The first-order chi connectivity index (χ1) is 18.3. The Morgan fingerprint density at radius 1 is 1.11 bits per heavy atom. The molecule has 1 saturated heterocycles. The van der Waals surface area contributed by atoms with Crippen molar-refractivity contribution in [1.29, 1.82) is 0 Å². The van der Waals surface area contributed by atoms with Crippen molar-refractivity contribution in [3.05, 3.63) is 76.7 Å². The molecule has 1 fully saturated rings. The second-order valence-electron chi connectivity index (χ2n) is 8.86. The Morgan fingerprint density at radius 2 is 1.82 bits per heavy atom. The lowest BCUT2D eigenvalue weighted by Gasteiger charge is -2.37. The van der Waals surface area contributed by atoms with Crippen LogP contribution in [0.3, 0.4) is 0 Å². The first-order valence-electron chi connectivity index (χ1n) is 12.3. The van der Waals surface area contributed by atoms with Gasteiger partial charge < -0.3 is 30.5 Å². The molecule has 1 unspecified atom stereocenters. The number of benzene rings is 1. The third kappa shape index (κ3) is 8.36. The third-order valence-electron chi connectivity index (χ3n) is 6.19. The van der Waals surface area contributed by atoms with Gasteiger partial charge in [0.1, 0.15) is 11.9 Å². The van der Waals surface area contributed by atoms with Crippen LogP contribution in [-0.4, -0.2) is 71.3 Å². The van der Waals surface area contributed by atoms with Crippen molar-refractivity contribution >= 4 is 29.2 Å². The first-order valence-corrected chi connectivity index (χ1v) is 12.3. The van der Waals surface area contributed by atoms with Gasteiger partial charge in [0, 0.05) is 38.8 Å². The molecule has 0 radical (unpaired) electrons. The smallest absolute Gasteiger partial charge is 0.363 e. The second-order valence-corrected chi connectivity index (χ2v) is 8.86. The lowest BCUT2D eigenvalue weighted by atomic mass is 10.1. The van der Waals surface area contributed by atoms with Gasteiger partial charge in [-0.25, -0.2) is 4.39 Å². The minimum Gasteiger partial charge on any atom is -0.365 e. The number of amides is 3.